The average molecular weight is 368 g/mol. The quantitative estimate of drug-likeness (QED) is 0.691. The number of aryl methyl sites for hydroxylation is 1. The van der Waals surface area contributed by atoms with Crippen LogP contribution in [-0.2, 0) is 17.9 Å². The number of rotatable bonds is 6. The molecule has 0 bridgehead atoms. The van der Waals surface area contributed by atoms with Gasteiger partial charge in [-0.2, -0.15) is 0 Å². The number of benzene rings is 1. The first-order chi connectivity index (χ1) is 13.0. The van der Waals surface area contributed by atoms with Gasteiger partial charge in [0.1, 0.15) is 5.65 Å². The first-order valence-electron chi connectivity index (χ1n) is 8.55. The SMILES string of the molecule is CCCn1c(=O)[nH]c(=O)c2cc(C(=O)Nc3cccc(COC)c3)cnc21. The van der Waals surface area contributed by atoms with Gasteiger partial charge in [-0.1, -0.05) is 19.1 Å². The fourth-order valence-electron chi connectivity index (χ4n) is 2.83. The van der Waals surface area contributed by atoms with E-state index < -0.39 is 17.2 Å². The number of hydrogen-bond acceptors (Lipinski definition) is 5. The summed E-state index contributed by atoms with van der Waals surface area (Å²) in [6, 6.07) is 8.72. The van der Waals surface area contributed by atoms with Crippen molar-refractivity contribution < 1.29 is 9.53 Å². The number of methoxy groups -OCH3 is 1. The molecule has 3 rings (SSSR count). The second-order valence-electron chi connectivity index (χ2n) is 6.09. The van der Waals surface area contributed by atoms with Crippen LogP contribution in [0.25, 0.3) is 11.0 Å². The highest BCUT2D eigenvalue weighted by atomic mass is 16.5. The molecule has 0 saturated heterocycles. The molecule has 1 aromatic carbocycles. The molecule has 8 nitrogen and oxygen atoms in total. The monoisotopic (exact) mass is 368 g/mol. The molecule has 0 radical (unpaired) electrons. The third-order valence-electron chi connectivity index (χ3n) is 4.04. The summed E-state index contributed by atoms with van der Waals surface area (Å²) in [4.78, 5) is 43.1. The van der Waals surface area contributed by atoms with Crippen LogP contribution >= 0.6 is 0 Å². The number of aromatic nitrogens is 3. The Morgan fingerprint density at radius 3 is 2.85 bits per heavy atom. The highest BCUT2D eigenvalue weighted by molar-refractivity contribution is 6.05. The largest absolute Gasteiger partial charge is 0.380 e. The van der Waals surface area contributed by atoms with E-state index in [0.29, 0.717) is 25.3 Å². The van der Waals surface area contributed by atoms with E-state index in [1.165, 1.54) is 16.8 Å². The fourth-order valence-corrected chi connectivity index (χ4v) is 2.83. The highest BCUT2D eigenvalue weighted by Gasteiger charge is 2.13. The minimum Gasteiger partial charge on any atom is -0.380 e. The molecule has 2 heterocycles. The van der Waals surface area contributed by atoms with Crippen LogP contribution in [0.4, 0.5) is 5.69 Å². The van der Waals surface area contributed by atoms with Crippen molar-refractivity contribution in [3.8, 4) is 0 Å². The minimum absolute atomic E-state index is 0.198. The summed E-state index contributed by atoms with van der Waals surface area (Å²) < 4.78 is 6.48. The van der Waals surface area contributed by atoms with E-state index in [-0.39, 0.29) is 16.6 Å². The molecule has 0 atom stereocenters. The topological polar surface area (TPSA) is 106 Å². The predicted molar refractivity (Wildman–Crippen MR) is 102 cm³/mol. The number of hydrogen-bond donors (Lipinski definition) is 2. The summed E-state index contributed by atoms with van der Waals surface area (Å²) in [5.41, 5.74) is 0.961. The van der Waals surface area contributed by atoms with Gasteiger partial charge in [0.2, 0.25) is 0 Å². The summed E-state index contributed by atoms with van der Waals surface area (Å²) in [7, 11) is 1.60. The van der Waals surface area contributed by atoms with Crippen LogP contribution in [-0.4, -0.2) is 27.6 Å². The van der Waals surface area contributed by atoms with Crippen LogP contribution < -0.4 is 16.6 Å². The maximum atomic E-state index is 12.6. The Bertz CT molecular complexity index is 1100. The first-order valence-corrected chi connectivity index (χ1v) is 8.55. The molecular weight excluding hydrogens is 348 g/mol. The number of pyridine rings is 1. The third kappa shape index (κ3) is 3.95. The number of ether oxygens (including phenoxy) is 1. The molecule has 140 valence electrons. The van der Waals surface area contributed by atoms with E-state index in [4.69, 9.17) is 4.74 Å². The maximum absolute atomic E-state index is 12.6. The van der Waals surface area contributed by atoms with Gasteiger partial charge in [-0.25, -0.2) is 9.78 Å². The number of H-pyrrole nitrogens is 1. The van der Waals surface area contributed by atoms with Crippen molar-refractivity contribution in [3.05, 3.63) is 68.5 Å². The van der Waals surface area contributed by atoms with Crippen molar-refractivity contribution in [3.63, 3.8) is 0 Å². The number of nitrogens with zero attached hydrogens (tertiary/aromatic N) is 2. The number of amides is 1. The number of carbonyl (C=O) groups excluding carboxylic acids is 1. The molecule has 0 spiro atoms. The summed E-state index contributed by atoms with van der Waals surface area (Å²) in [5.74, 6) is -0.397. The Kier molecular flexibility index (Phi) is 5.46. The number of aromatic amines is 1. The zero-order valence-electron chi connectivity index (χ0n) is 15.1. The molecular formula is C19H20N4O4. The highest BCUT2D eigenvalue weighted by Crippen LogP contribution is 2.14. The van der Waals surface area contributed by atoms with E-state index in [0.717, 1.165) is 5.56 Å². The first kappa shape index (κ1) is 18.5. The Morgan fingerprint density at radius 2 is 2.11 bits per heavy atom. The zero-order valence-corrected chi connectivity index (χ0v) is 15.1. The second kappa shape index (κ2) is 7.96. The lowest BCUT2D eigenvalue weighted by Gasteiger charge is -2.10. The fraction of sp³-hybridized carbons (Fsp3) is 0.263. The maximum Gasteiger partial charge on any atom is 0.329 e. The van der Waals surface area contributed by atoms with Crippen LogP contribution in [0.2, 0.25) is 0 Å². The number of fused-ring (bicyclic) bond motifs is 1. The summed E-state index contributed by atoms with van der Waals surface area (Å²) in [6.07, 6.45) is 2.07. The Labute approximate surface area is 154 Å². The third-order valence-corrected chi connectivity index (χ3v) is 4.04. The van der Waals surface area contributed by atoms with Gasteiger partial charge in [0.15, 0.2) is 0 Å². The van der Waals surface area contributed by atoms with Gasteiger partial charge < -0.3 is 10.1 Å². The normalized spacial score (nSPS) is 10.9. The van der Waals surface area contributed by atoms with E-state index in [2.05, 4.69) is 15.3 Å². The molecule has 8 heteroatoms. The van der Waals surface area contributed by atoms with Crippen LogP contribution in [0.3, 0.4) is 0 Å². The van der Waals surface area contributed by atoms with Gasteiger partial charge in [0.05, 0.1) is 17.6 Å². The lowest BCUT2D eigenvalue weighted by Crippen LogP contribution is -2.31. The predicted octanol–water partition coefficient (Wildman–Crippen LogP) is 1.89. The Morgan fingerprint density at radius 1 is 1.30 bits per heavy atom. The molecule has 0 aliphatic rings. The van der Waals surface area contributed by atoms with Crippen molar-refractivity contribution in [2.24, 2.45) is 0 Å². The van der Waals surface area contributed by atoms with Crippen LogP contribution in [0.15, 0.2) is 46.1 Å². The number of carbonyl (C=O) groups is 1. The van der Waals surface area contributed by atoms with E-state index in [1.54, 1.807) is 13.2 Å². The zero-order chi connectivity index (χ0) is 19.4. The van der Waals surface area contributed by atoms with Crippen molar-refractivity contribution in [1.82, 2.24) is 14.5 Å². The molecule has 0 saturated carbocycles. The Hall–Kier alpha value is -3.26. The standard InChI is InChI=1S/C19H20N4O4/c1-3-7-23-16-15(18(25)22-19(23)26)9-13(10-20-16)17(24)21-14-6-4-5-12(8-14)11-27-2/h4-6,8-10H,3,7,11H2,1-2H3,(H,21,24)(H,22,25,26). The van der Waals surface area contributed by atoms with Crippen LogP contribution in [0, 0.1) is 0 Å². The van der Waals surface area contributed by atoms with Crippen molar-refractivity contribution >= 4 is 22.6 Å². The van der Waals surface area contributed by atoms with Gasteiger partial charge in [0, 0.05) is 25.5 Å². The lowest BCUT2D eigenvalue weighted by atomic mass is 10.2. The minimum atomic E-state index is -0.563. The molecule has 3 aromatic rings. The van der Waals surface area contributed by atoms with Crippen molar-refractivity contribution in [2.75, 3.05) is 12.4 Å². The summed E-state index contributed by atoms with van der Waals surface area (Å²) in [6.45, 7) is 2.78. The van der Waals surface area contributed by atoms with Crippen LogP contribution in [0.1, 0.15) is 29.3 Å². The average Bonchev–Trinajstić information content (AvgIpc) is 2.65. The Balaban J connectivity index is 1.95. The molecule has 0 aliphatic carbocycles. The lowest BCUT2D eigenvalue weighted by molar-refractivity contribution is 0.102. The van der Waals surface area contributed by atoms with Gasteiger partial charge in [-0.05, 0) is 30.2 Å². The van der Waals surface area contributed by atoms with Gasteiger partial charge in [-0.15, -0.1) is 0 Å². The van der Waals surface area contributed by atoms with Gasteiger partial charge in [-0.3, -0.25) is 19.1 Å². The molecule has 0 aliphatic heterocycles. The molecule has 0 fully saturated rings. The van der Waals surface area contributed by atoms with E-state index in [9.17, 15) is 14.4 Å². The summed E-state index contributed by atoms with van der Waals surface area (Å²) in [5, 5.41) is 2.98. The van der Waals surface area contributed by atoms with Crippen molar-refractivity contribution in [2.45, 2.75) is 26.5 Å². The van der Waals surface area contributed by atoms with E-state index >= 15 is 0 Å². The smallest absolute Gasteiger partial charge is 0.329 e. The van der Waals surface area contributed by atoms with Gasteiger partial charge in [0.25, 0.3) is 11.5 Å². The van der Waals surface area contributed by atoms with Crippen LogP contribution in [0.5, 0.6) is 0 Å². The molecule has 27 heavy (non-hydrogen) atoms. The molecule has 2 N–H and O–H groups in total. The molecule has 0 unspecified atom stereocenters. The second-order valence-corrected chi connectivity index (χ2v) is 6.09. The number of nitrogens with one attached hydrogen (secondary N) is 2. The van der Waals surface area contributed by atoms with Gasteiger partial charge >= 0.3 is 5.69 Å². The summed E-state index contributed by atoms with van der Waals surface area (Å²) >= 11 is 0. The molecule has 1 amide bonds. The van der Waals surface area contributed by atoms with E-state index in [1.807, 2.05) is 25.1 Å². The number of anilines is 1. The van der Waals surface area contributed by atoms with Crippen molar-refractivity contribution in [1.29, 1.82) is 0 Å². The molecule has 2 aromatic heterocycles.